The molecule has 0 aliphatic carbocycles. The number of ether oxygens (including phenoxy) is 1. The summed E-state index contributed by atoms with van der Waals surface area (Å²) in [6, 6.07) is 12.0. The van der Waals surface area contributed by atoms with Gasteiger partial charge in [0.05, 0.1) is 18.7 Å². The van der Waals surface area contributed by atoms with Crippen LogP contribution >= 0.6 is 0 Å². The van der Waals surface area contributed by atoms with Crippen LogP contribution in [0.1, 0.15) is 27.7 Å². The lowest BCUT2D eigenvalue weighted by atomic mass is 10.1. The summed E-state index contributed by atoms with van der Waals surface area (Å²) in [7, 11) is 2.01. The number of amides is 1. The van der Waals surface area contributed by atoms with E-state index in [9.17, 15) is 4.79 Å². The molecule has 1 amide bonds. The van der Waals surface area contributed by atoms with Crippen LogP contribution in [0.15, 0.2) is 48.8 Å². The molecule has 128 valence electrons. The summed E-state index contributed by atoms with van der Waals surface area (Å²) < 4.78 is 7.96. The minimum absolute atomic E-state index is 0.0802. The largest absolute Gasteiger partial charge is 0.370 e. The Morgan fingerprint density at radius 1 is 1.20 bits per heavy atom. The molecule has 4 rings (SSSR count). The van der Waals surface area contributed by atoms with Crippen LogP contribution in [-0.4, -0.2) is 40.1 Å². The topological polar surface area (TPSA) is 47.4 Å². The molecule has 0 saturated carbocycles. The molecule has 1 unspecified atom stereocenters. The smallest absolute Gasteiger partial charge is 0.256 e. The van der Waals surface area contributed by atoms with Crippen LogP contribution in [0.25, 0.3) is 10.9 Å². The molecule has 1 fully saturated rings. The van der Waals surface area contributed by atoms with E-state index in [4.69, 9.17) is 4.74 Å². The molecule has 1 aromatic carbocycles. The maximum absolute atomic E-state index is 13.3. The molecule has 1 aliphatic rings. The number of aromatic nitrogens is 2. The molecule has 5 heteroatoms. The van der Waals surface area contributed by atoms with Gasteiger partial charge in [0, 0.05) is 42.6 Å². The van der Waals surface area contributed by atoms with Crippen molar-refractivity contribution in [2.45, 2.75) is 13.0 Å². The Balaban J connectivity index is 1.66. The second-order valence-corrected chi connectivity index (χ2v) is 6.43. The fraction of sp³-hybridized carbons (Fsp3) is 0.300. The Morgan fingerprint density at radius 2 is 1.96 bits per heavy atom. The van der Waals surface area contributed by atoms with E-state index in [1.807, 2.05) is 49.2 Å². The highest BCUT2D eigenvalue weighted by Crippen LogP contribution is 2.28. The number of para-hydroxylation sites is 1. The average Bonchev–Trinajstić information content (AvgIpc) is 2.93. The van der Waals surface area contributed by atoms with Crippen LogP contribution in [0.2, 0.25) is 0 Å². The van der Waals surface area contributed by atoms with Crippen LogP contribution in [0.3, 0.4) is 0 Å². The van der Waals surface area contributed by atoms with Crippen molar-refractivity contribution >= 4 is 16.8 Å². The third-order valence-electron chi connectivity index (χ3n) is 5.05. The quantitative estimate of drug-likeness (QED) is 0.723. The second kappa shape index (κ2) is 6.33. The van der Waals surface area contributed by atoms with Crippen molar-refractivity contribution in [1.82, 2.24) is 14.5 Å². The maximum Gasteiger partial charge on any atom is 0.256 e. The van der Waals surface area contributed by atoms with Gasteiger partial charge in [0.1, 0.15) is 6.10 Å². The normalized spacial score (nSPS) is 17.8. The highest BCUT2D eigenvalue weighted by molar-refractivity contribution is 6.08. The molecular formula is C20H21N3O2. The number of rotatable bonds is 2. The van der Waals surface area contributed by atoms with Crippen LogP contribution in [0.4, 0.5) is 0 Å². The molecule has 3 heterocycles. The van der Waals surface area contributed by atoms with E-state index in [0.29, 0.717) is 19.7 Å². The van der Waals surface area contributed by atoms with E-state index >= 15 is 0 Å². The molecule has 5 nitrogen and oxygen atoms in total. The lowest BCUT2D eigenvalue weighted by Crippen LogP contribution is -2.42. The van der Waals surface area contributed by atoms with Crippen molar-refractivity contribution in [1.29, 1.82) is 0 Å². The van der Waals surface area contributed by atoms with E-state index in [0.717, 1.165) is 27.7 Å². The molecule has 0 N–H and O–H groups in total. The average molecular weight is 335 g/mol. The summed E-state index contributed by atoms with van der Waals surface area (Å²) in [5.41, 5.74) is 3.94. The number of benzene rings is 1. The fourth-order valence-corrected chi connectivity index (χ4v) is 3.56. The van der Waals surface area contributed by atoms with Gasteiger partial charge in [-0.05, 0) is 30.7 Å². The van der Waals surface area contributed by atoms with Gasteiger partial charge >= 0.3 is 0 Å². The third-order valence-corrected chi connectivity index (χ3v) is 5.05. The number of carbonyl (C=O) groups is 1. The Bertz CT molecular complexity index is 917. The zero-order valence-electron chi connectivity index (χ0n) is 14.5. The van der Waals surface area contributed by atoms with Crippen molar-refractivity contribution in [2.75, 3.05) is 19.7 Å². The molecule has 1 atom stereocenters. The number of pyridine rings is 1. The summed E-state index contributed by atoms with van der Waals surface area (Å²) in [4.78, 5) is 19.2. The Hall–Kier alpha value is -2.66. The van der Waals surface area contributed by atoms with E-state index in [1.165, 1.54) is 0 Å². The van der Waals surface area contributed by atoms with Crippen molar-refractivity contribution in [3.05, 3.63) is 65.6 Å². The Morgan fingerprint density at radius 3 is 2.76 bits per heavy atom. The number of carbonyl (C=O) groups excluding carboxylic acids is 1. The first kappa shape index (κ1) is 15.8. The summed E-state index contributed by atoms with van der Waals surface area (Å²) in [6.45, 7) is 3.73. The van der Waals surface area contributed by atoms with Gasteiger partial charge in [-0.15, -0.1) is 0 Å². The van der Waals surface area contributed by atoms with Crippen molar-refractivity contribution in [3.8, 4) is 0 Å². The highest BCUT2D eigenvalue weighted by atomic mass is 16.5. The fourth-order valence-electron chi connectivity index (χ4n) is 3.56. The summed E-state index contributed by atoms with van der Waals surface area (Å²) in [5, 5.41) is 1.01. The minimum atomic E-state index is -0.101. The first-order valence-corrected chi connectivity index (χ1v) is 8.51. The molecule has 0 radical (unpaired) electrons. The first-order chi connectivity index (χ1) is 12.2. The molecule has 1 aliphatic heterocycles. The minimum Gasteiger partial charge on any atom is -0.370 e. The first-order valence-electron chi connectivity index (χ1n) is 8.51. The molecule has 1 saturated heterocycles. The van der Waals surface area contributed by atoms with Gasteiger partial charge in [0.25, 0.3) is 5.91 Å². The van der Waals surface area contributed by atoms with Crippen molar-refractivity contribution in [3.63, 3.8) is 0 Å². The molecule has 0 bridgehead atoms. The van der Waals surface area contributed by atoms with E-state index in [-0.39, 0.29) is 12.0 Å². The summed E-state index contributed by atoms with van der Waals surface area (Å²) in [6.07, 6.45) is 3.42. The molecule has 2 aromatic heterocycles. The zero-order valence-corrected chi connectivity index (χ0v) is 14.5. The van der Waals surface area contributed by atoms with Gasteiger partial charge in [0.15, 0.2) is 0 Å². The maximum atomic E-state index is 13.3. The predicted octanol–water partition coefficient (Wildman–Crippen LogP) is 3.10. The number of nitrogens with zero attached hydrogens (tertiary/aromatic N) is 3. The van der Waals surface area contributed by atoms with Gasteiger partial charge in [-0.3, -0.25) is 9.78 Å². The van der Waals surface area contributed by atoms with Gasteiger partial charge in [-0.1, -0.05) is 18.2 Å². The number of fused-ring (bicyclic) bond motifs is 1. The Kier molecular flexibility index (Phi) is 4.01. The van der Waals surface area contributed by atoms with Gasteiger partial charge in [-0.2, -0.15) is 0 Å². The third kappa shape index (κ3) is 2.70. The SMILES string of the molecule is Cc1c(C(=O)N2CCOC(c3ccncc3)C2)c2ccccc2n1C. The van der Waals surface area contributed by atoms with Crippen molar-refractivity contribution < 1.29 is 9.53 Å². The van der Waals surface area contributed by atoms with Gasteiger partial charge in [-0.25, -0.2) is 0 Å². The molecular weight excluding hydrogens is 314 g/mol. The van der Waals surface area contributed by atoms with Gasteiger partial charge < -0.3 is 14.2 Å². The monoisotopic (exact) mass is 335 g/mol. The molecule has 0 spiro atoms. The van der Waals surface area contributed by atoms with Crippen LogP contribution in [-0.2, 0) is 11.8 Å². The van der Waals surface area contributed by atoms with Crippen molar-refractivity contribution in [2.24, 2.45) is 7.05 Å². The zero-order chi connectivity index (χ0) is 17.4. The lowest BCUT2D eigenvalue weighted by Gasteiger charge is -2.33. The number of aryl methyl sites for hydroxylation is 1. The molecule has 3 aromatic rings. The number of hydrogen-bond donors (Lipinski definition) is 0. The van der Waals surface area contributed by atoms with Gasteiger partial charge in [0.2, 0.25) is 0 Å². The van der Waals surface area contributed by atoms with E-state index in [1.54, 1.807) is 12.4 Å². The van der Waals surface area contributed by atoms with Crippen LogP contribution in [0.5, 0.6) is 0 Å². The highest BCUT2D eigenvalue weighted by Gasteiger charge is 2.29. The number of morpholine rings is 1. The Labute approximate surface area is 146 Å². The summed E-state index contributed by atoms with van der Waals surface area (Å²) >= 11 is 0. The van der Waals surface area contributed by atoms with E-state index < -0.39 is 0 Å². The summed E-state index contributed by atoms with van der Waals surface area (Å²) in [5.74, 6) is 0.0802. The molecule has 25 heavy (non-hydrogen) atoms. The standard InChI is InChI=1S/C20H21N3O2/c1-14-19(16-5-3-4-6-17(16)22(14)2)20(24)23-11-12-25-18(13-23)15-7-9-21-10-8-15/h3-10,18H,11-13H2,1-2H3. The van der Waals surface area contributed by atoms with Crippen LogP contribution in [0, 0.1) is 6.92 Å². The second-order valence-electron chi connectivity index (χ2n) is 6.43. The van der Waals surface area contributed by atoms with E-state index in [2.05, 4.69) is 15.6 Å². The number of hydrogen-bond acceptors (Lipinski definition) is 3. The predicted molar refractivity (Wildman–Crippen MR) is 96.5 cm³/mol. The van der Waals surface area contributed by atoms with Crippen LogP contribution < -0.4 is 0 Å². The lowest BCUT2D eigenvalue weighted by molar-refractivity contribution is -0.0228.